The first-order chi connectivity index (χ1) is 9.25. The van der Waals surface area contributed by atoms with E-state index in [9.17, 15) is 18.0 Å². The fourth-order valence-electron chi connectivity index (χ4n) is 2.07. The van der Waals surface area contributed by atoms with Gasteiger partial charge in [0, 0.05) is 6.54 Å². The lowest BCUT2D eigenvalue weighted by atomic mass is 10.1. The molecule has 0 bridgehead atoms. The van der Waals surface area contributed by atoms with Crippen molar-refractivity contribution in [3.63, 3.8) is 0 Å². The average Bonchev–Trinajstić information content (AvgIpc) is 2.68. The van der Waals surface area contributed by atoms with Crippen LogP contribution in [0.2, 0.25) is 18.1 Å². The van der Waals surface area contributed by atoms with Crippen molar-refractivity contribution in [2.45, 2.75) is 57.5 Å². The van der Waals surface area contributed by atoms with Crippen molar-refractivity contribution < 1.29 is 27.5 Å². The molecule has 21 heavy (non-hydrogen) atoms. The summed E-state index contributed by atoms with van der Waals surface area (Å²) in [7, 11) is -2.11. The summed E-state index contributed by atoms with van der Waals surface area (Å²) in [5, 5.41) is 9.00. The van der Waals surface area contributed by atoms with E-state index in [1.54, 1.807) is 0 Å². The highest BCUT2D eigenvalue weighted by atomic mass is 28.4. The fraction of sp³-hybridized carbons (Fsp3) is 0.923. The molecule has 0 aromatic rings. The lowest BCUT2D eigenvalue weighted by Crippen LogP contribution is -2.45. The largest absolute Gasteiger partial charge is 0.465 e. The standard InChI is InChI=1S/C13H24F3NO3Si/c1-12(2,3)21(4,5)20-8-10-6-9(13(14,15)16)7-17(10)11(18)19/h9-10H,6-8H2,1-5H3,(H,18,19). The Balaban J connectivity index is 2.75. The van der Waals surface area contributed by atoms with Crippen LogP contribution in [0.15, 0.2) is 0 Å². The molecule has 0 aromatic carbocycles. The average molecular weight is 327 g/mol. The SMILES string of the molecule is CC(C)(C)[Si](C)(C)OCC1CC(C(F)(F)F)CN1C(=O)O. The van der Waals surface area contributed by atoms with Gasteiger partial charge in [0.05, 0.1) is 18.6 Å². The Hall–Kier alpha value is -0.763. The number of rotatable bonds is 3. The Kier molecular flexibility index (Phi) is 5.04. The van der Waals surface area contributed by atoms with E-state index in [-0.39, 0.29) is 18.1 Å². The summed E-state index contributed by atoms with van der Waals surface area (Å²) in [5.74, 6) is -1.60. The van der Waals surface area contributed by atoms with E-state index in [0.717, 1.165) is 4.90 Å². The molecule has 1 rings (SSSR count). The lowest BCUT2D eigenvalue weighted by Gasteiger charge is -2.37. The molecule has 0 saturated carbocycles. The molecule has 0 radical (unpaired) electrons. The van der Waals surface area contributed by atoms with Gasteiger partial charge in [-0.2, -0.15) is 13.2 Å². The zero-order chi connectivity index (χ0) is 16.6. The first kappa shape index (κ1) is 18.3. The highest BCUT2D eigenvalue weighted by molar-refractivity contribution is 6.74. The van der Waals surface area contributed by atoms with Gasteiger partial charge in [0.2, 0.25) is 0 Å². The Morgan fingerprint density at radius 2 is 1.86 bits per heavy atom. The van der Waals surface area contributed by atoms with Gasteiger partial charge in [-0.25, -0.2) is 4.79 Å². The van der Waals surface area contributed by atoms with Crippen LogP contribution in [0.3, 0.4) is 0 Å². The molecule has 1 aliphatic heterocycles. The summed E-state index contributed by atoms with van der Waals surface area (Å²) in [6, 6.07) is -0.719. The Morgan fingerprint density at radius 3 is 2.24 bits per heavy atom. The molecule has 2 unspecified atom stereocenters. The van der Waals surface area contributed by atoms with Gasteiger partial charge in [0.15, 0.2) is 8.32 Å². The van der Waals surface area contributed by atoms with Crippen LogP contribution >= 0.6 is 0 Å². The second kappa shape index (κ2) is 5.79. The van der Waals surface area contributed by atoms with E-state index in [1.807, 2.05) is 33.9 Å². The van der Waals surface area contributed by atoms with Crippen molar-refractivity contribution in [3.05, 3.63) is 0 Å². The molecular formula is C13H24F3NO3Si. The summed E-state index contributed by atoms with van der Waals surface area (Å²) in [6.45, 7) is 9.62. The van der Waals surface area contributed by atoms with Gasteiger partial charge in [-0.15, -0.1) is 0 Å². The number of hydrogen-bond acceptors (Lipinski definition) is 2. The number of amides is 1. The van der Waals surface area contributed by atoms with Crippen LogP contribution in [0.1, 0.15) is 27.2 Å². The second-order valence-electron chi connectivity index (χ2n) is 7.13. The van der Waals surface area contributed by atoms with Crippen LogP contribution in [0.4, 0.5) is 18.0 Å². The number of nitrogens with zero attached hydrogens (tertiary/aromatic N) is 1. The highest BCUT2D eigenvalue weighted by Gasteiger charge is 2.49. The van der Waals surface area contributed by atoms with Crippen LogP contribution in [0, 0.1) is 5.92 Å². The van der Waals surface area contributed by atoms with E-state index in [2.05, 4.69) is 0 Å². The fourth-order valence-corrected chi connectivity index (χ4v) is 3.11. The molecule has 1 fully saturated rings. The van der Waals surface area contributed by atoms with Gasteiger partial charge in [-0.3, -0.25) is 0 Å². The van der Waals surface area contributed by atoms with Crippen molar-refractivity contribution in [2.75, 3.05) is 13.2 Å². The summed E-state index contributed by atoms with van der Waals surface area (Å²) in [5.41, 5.74) is 0. The summed E-state index contributed by atoms with van der Waals surface area (Å²) in [6.07, 6.45) is -5.89. The van der Waals surface area contributed by atoms with Crippen LogP contribution in [0.25, 0.3) is 0 Å². The third-order valence-electron chi connectivity index (χ3n) is 4.57. The van der Waals surface area contributed by atoms with Gasteiger partial charge in [0.25, 0.3) is 0 Å². The first-order valence-electron chi connectivity index (χ1n) is 6.96. The number of halogens is 3. The summed E-state index contributed by atoms with van der Waals surface area (Å²) >= 11 is 0. The van der Waals surface area contributed by atoms with Gasteiger partial charge < -0.3 is 14.4 Å². The zero-order valence-electron chi connectivity index (χ0n) is 13.1. The number of carbonyl (C=O) groups is 1. The van der Waals surface area contributed by atoms with Crippen molar-refractivity contribution in [2.24, 2.45) is 5.92 Å². The van der Waals surface area contributed by atoms with Crippen LogP contribution in [-0.4, -0.2) is 49.8 Å². The van der Waals surface area contributed by atoms with E-state index in [0.29, 0.717) is 0 Å². The smallest absolute Gasteiger partial charge is 0.407 e. The third-order valence-corrected chi connectivity index (χ3v) is 9.07. The summed E-state index contributed by atoms with van der Waals surface area (Å²) in [4.78, 5) is 12.0. The van der Waals surface area contributed by atoms with Gasteiger partial charge in [-0.05, 0) is 24.6 Å². The first-order valence-corrected chi connectivity index (χ1v) is 9.87. The second-order valence-corrected chi connectivity index (χ2v) is 11.9. The third kappa shape index (κ3) is 4.35. The molecule has 0 spiro atoms. The Bertz CT molecular complexity index is 393. The molecule has 1 heterocycles. The molecule has 0 aliphatic carbocycles. The van der Waals surface area contributed by atoms with E-state index in [4.69, 9.17) is 9.53 Å². The molecule has 8 heteroatoms. The molecule has 1 saturated heterocycles. The lowest BCUT2D eigenvalue weighted by molar-refractivity contribution is -0.170. The maximum absolute atomic E-state index is 12.8. The maximum atomic E-state index is 12.8. The number of likely N-dealkylation sites (tertiary alicyclic amines) is 1. The minimum Gasteiger partial charge on any atom is -0.465 e. The molecule has 4 nitrogen and oxygen atoms in total. The van der Waals surface area contributed by atoms with Crippen molar-refractivity contribution in [1.29, 1.82) is 0 Å². The molecule has 0 aromatic heterocycles. The van der Waals surface area contributed by atoms with E-state index in [1.165, 1.54) is 0 Å². The number of hydrogen-bond donors (Lipinski definition) is 1. The zero-order valence-corrected chi connectivity index (χ0v) is 14.1. The minimum atomic E-state index is -4.36. The van der Waals surface area contributed by atoms with Crippen LogP contribution in [-0.2, 0) is 4.43 Å². The predicted octanol–water partition coefficient (Wildman–Crippen LogP) is 3.94. The van der Waals surface area contributed by atoms with Crippen molar-refractivity contribution in [1.82, 2.24) is 4.90 Å². The number of carboxylic acid groups (broad SMARTS) is 1. The van der Waals surface area contributed by atoms with Crippen molar-refractivity contribution in [3.8, 4) is 0 Å². The molecule has 1 aliphatic rings. The molecule has 124 valence electrons. The van der Waals surface area contributed by atoms with Gasteiger partial charge in [-0.1, -0.05) is 20.8 Å². The molecule has 1 amide bonds. The Morgan fingerprint density at radius 1 is 1.33 bits per heavy atom. The van der Waals surface area contributed by atoms with E-state index >= 15 is 0 Å². The molecule has 2 atom stereocenters. The van der Waals surface area contributed by atoms with E-state index < -0.39 is 39.1 Å². The monoisotopic (exact) mass is 327 g/mol. The Labute approximate surface area is 124 Å². The number of alkyl halides is 3. The highest BCUT2D eigenvalue weighted by Crippen LogP contribution is 2.39. The topological polar surface area (TPSA) is 49.8 Å². The maximum Gasteiger partial charge on any atom is 0.407 e. The predicted molar refractivity (Wildman–Crippen MR) is 75.8 cm³/mol. The molecular weight excluding hydrogens is 303 g/mol. The van der Waals surface area contributed by atoms with Gasteiger partial charge in [0.1, 0.15) is 0 Å². The van der Waals surface area contributed by atoms with Crippen LogP contribution in [0.5, 0.6) is 0 Å². The molecule has 1 N–H and O–H groups in total. The van der Waals surface area contributed by atoms with Gasteiger partial charge >= 0.3 is 12.3 Å². The van der Waals surface area contributed by atoms with Crippen LogP contribution < -0.4 is 0 Å². The minimum absolute atomic E-state index is 0.0371. The van der Waals surface area contributed by atoms with Crippen molar-refractivity contribution >= 4 is 14.4 Å². The summed E-state index contributed by atoms with van der Waals surface area (Å²) < 4.78 is 44.2. The quantitative estimate of drug-likeness (QED) is 0.799. The normalized spacial score (nSPS) is 24.5.